The molecule has 0 aromatic carbocycles. The Hall–Kier alpha value is -0.860. The minimum Gasteiger partial charge on any atom is -0.457 e. The number of Topliss-reactive ketones (excluding diaryl/α,β-unsaturated/α-hetero) is 1. The number of esters is 1. The van der Waals surface area contributed by atoms with Crippen LogP contribution in [0.2, 0.25) is 0 Å². The molecule has 0 amide bonds. The first-order chi connectivity index (χ1) is 6.60. The number of ketones is 1. The number of hydrogen-bond acceptors (Lipinski definition) is 3. The third-order valence-corrected chi connectivity index (χ3v) is 4.56. The molecule has 3 rings (SSSR count). The molecule has 14 heavy (non-hydrogen) atoms. The molecule has 2 unspecified atom stereocenters. The minimum absolute atomic E-state index is 0.0248. The van der Waals surface area contributed by atoms with Crippen molar-refractivity contribution in [3.05, 3.63) is 0 Å². The number of rotatable bonds is 0. The van der Waals surface area contributed by atoms with Crippen LogP contribution in [0.15, 0.2) is 0 Å². The van der Waals surface area contributed by atoms with Gasteiger partial charge >= 0.3 is 5.97 Å². The van der Waals surface area contributed by atoms with Gasteiger partial charge in [0.05, 0.1) is 11.3 Å². The molecule has 3 fully saturated rings. The summed E-state index contributed by atoms with van der Waals surface area (Å²) in [5.41, 5.74) is -0.747. The summed E-state index contributed by atoms with van der Waals surface area (Å²) in [4.78, 5) is 23.2. The van der Waals surface area contributed by atoms with Gasteiger partial charge in [0.2, 0.25) is 0 Å². The summed E-state index contributed by atoms with van der Waals surface area (Å²) in [5.74, 6) is 0.249. The Labute approximate surface area is 82.8 Å². The smallest absolute Gasteiger partial charge is 0.313 e. The van der Waals surface area contributed by atoms with E-state index in [0.29, 0.717) is 12.2 Å². The van der Waals surface area contributed by atoms with E-state index < -0.39 is 0 Å². The van der Waals surface area contributed by atoms with Crippen molar-refractivity contribution in [1.82, 2.24) is 0 Å². The molecule has 0 aromatic rings. The summed E-state index contributed by atoms with van der Waals surface area (Å²) in [6.07, 6.45) is 4.13. The van der Waals surface area contributed by atoms with Gasteiger partial charge in [0, 0.05) is 6.42 Å². The molecule has 1 spiro atoms. The average Bonchev–Trinajstić information content (AvgIpc) is 2.36. The van der Waals surface area contributed by atoms with E-state index >= 15 is 0 Å². The second kappa shape index (κ2) is 2.20. The third-order valence-electron chi connectivity index (χ3n) is 4.56. The van der Waals surface area contributed by atoms with Gasteiger partial charge in [0.1, 0.15) is 11.4 Å². The SMILES string of the molecule is C[C@]12CCC3C(=O)OC31CCCC2=O. The van der Waals surface area contributed by atoms with E-state index in [1.54, 1.807) is 0 Å². The highest BCUT2D eigenvalue weighted by molar-refractivity contribution is 5.93. The quantitative estimate of drug-likeness (QED) is 0.548. The van der Waals surface area contributed by atoms with Crippen LogP contribution in [-0.2, 0) is 14.3 Å². The highest BCUT2D eigenvalue weighted by Crippen LogP contribution is 2.63. The van der Waals surface area contributed by atoms with Crippen molar-refractivity contribution in [3.63, 3.8) is 0 Å². The molecule has 2 saturated carbocycles. The Kier molecular flexibility index (Phi) is 1.33. The van der Waals surface area contributed by atoms with Crippen LogP contribution in [-0.4, -0.2) is 17.4 Å². The van der Waals surface area contributed by atoms with Crippen LogP contribution in [0.1, 0.15) is 39.0 Å². The molecule has 3 atom stereocenters. The van der Waals surface area contributed by atoms with Crippen LogP contribution in [0.5, 0.6) is 0 Å². The van der Waals surface area contributed by atoms with Gasteiger partial charge in [-0.05, 0) is 32.6 Å². The first-order valence-electron chi connectivity index (χ1n) is 5.36. The van der Waals surface area contributed by atoms with Crippen molar-refractivity contribution in [3.8, 4) is 0 Å². The maximum absolute atomic E-state index is 11.9. The molecule has 1 heterocycles. The van der Waals surface area contributed by atoms with E-state index in [4.69, 9.17) is 4.74 Å². The standard InChI is InChI=1S/C11H14O3/c1-10-6-4-7-9(13)14-11(7,10)5-2-3-8(10)12/h7H,2-6H2,1H3/t7?,10-,11?/m1/s1. The monoisotopic (exact) mass is 194 g/mol. The molecule has 0 N–H and O–H groups in total. The molecule has 76 valence electrons. The lowest BCUT2D eigenvalue weighted by Crippen LogP contribution is -2.65. The van der Waals surface area contributed by atoms with Gasteiger partial charge in [-0.1, -0.05) is 0 Å². The van der Waals surface area contributed by atoms with Crippen molar-refractivity contribution < 1.29 is 14.3 Å². The van der Waals surface area contributed by atoms with E-state index in [-0.39, 0.29) is 22.9 Å². The lowest BCUT2D eigenvalue weighted by atomic mass is 9.61. The Balaban J connectivity index is 2.06. The van der Waals surface area contributed by atoms with Gasteiger partial charge in [-0.15, -0.1) is 0 Å². The molecule has 1 aliphatic heterocycles. The van der Waals surface area contributed by atoms with Crippen LogP contribution in [0.25, 0.3) is 0 Å². The van der Waals surface area contributed by atoms with Crippen molar-refractivity contribution in [1.29, 1.82) is 0 Å². The average molecular weight is 194 g/mol. The highest BCUT2D eigenvalue weighted by Gasteiger charge is 2.72. The minimum atomic E-state index is -0.389. The summed E-state index contributed by atoms with van der Waals surface area (Å²) < 4.78 is 5.37. The van der Waals surface area contributed by atoms with Crippen LogP contribution < -0.4 is 0 Å². The normalized spacial score (nSPS) is 50.5. The van der Waals surface area contributed by atoms with Gasteiger partial charge in [-0.25, -0.2) is 0 Å². The van der Waals surface area contributed by atoms with Crippen molar-refractivity contribution in [2.75, 3.05) is 0 Å². The largest absolute Gasteiger partial charge is 0.457 e. The topological polar surface area (TPSA) is 43.4 Å². The fourth-order valence-corrected chi connectivity index (χ4v) is 3.61. The molecule has 3 aliphatic rings. The zero-order valence-corrected chi connectivity index (χ0v) is 8.34. The number of hydrogen-bond donors (Lipinski definition) is 0. The van der Waals surface area contributed by atoms with Gasteiger partial charge in [-0.2, -0.15) is 0 Å². The van der Waals surface area contributed by atoms with Crippen molar-refractivity contribution >= 4 is 11.8 Å². The second-order valence-corrected chi connectivity index (χ2v) is 5.01. The van der Waals surface area contributed by atoms with Gasteiger partial charge < -0.3 is 4.74 Å². The zero-order valence-electron chi connectivity index (χ0n) is 8.34. The first kappa shape index (κ1) is 8.45. The van der Waals surface area contributed by atoms with E-state index in [1.165, 1.54) is 0 Å². The number of carbonyl (C=O) groups excluding carboxylic acids is 2. The van der Waals surface area contributed by atoms with E-state index in [1.807, 2.05) is 6.92 Å². The first-order valence-corrected chi connectivity index (χ1v) is 5.36. The maximum Gasteiger partial charge on any atom is 0.313 e. The van der Waals surface area contributed by atoms with E-state index in [0.717, 1.165) is 25.7 Å². The van der Waals surface area contributed by atoms with Gasteiger partial charge in [0.25, 0.3) is 0 Å². The lowest BCUT2D eigenvalue weighted by molar-refractivity contribution is -0.231. The summed E-state index contributed by atoms with van der Waals surface area (Å²) >= 11 is 0. The molecule has 3 heteroatoms. The predicted molar refractivity (Wildman–Crippen MR) is 48.5 cm³/mol. The Morgan fingerprint density at radius 2 is 2.14 bits per heavy atom. The maximum atomic E-state index is 11.9. The van der Waals surface area contributed by atoms with Crippen molar-refractivity contribution in [2.45, 2.75) is 44.6 Å². The molecule has 3 nitrogen and oxygen atoms in total. The van der Waals surface area contributed by atoms with Crippen LogP contribution >= 0.6 is 0 Å². The van der Waals surface area contributed by atoms with E-state index in [2.05, 4.69) is 0 Å². The summed E-state index contributed by atoms with van der Waals surface area (Å²) in [6, 6.07) is 0. The summed E-state index contributed by atoms with van der Waals surface area (Å²) in [6.45, 7) is 1.99. The molecule has 0 radical (unpaired) electrons. The van der Waals surface area contributed by atoms with Crippen LogP contribution in [0.4, 0.5) is 0 Å². The predicted octanol–water partition coefficient (Wildman–Crippen LogP) is 1.45. The lowest BCUT2D eigenvalue weighted by Gasteiger charge is -2.53. The van der Waals surface area contributed by atoms with Gasteiger partial charge in [-0.3, -0.25) is 9.59 Å². The van der Waals surface area contributed by atoms with Crippen LogP contribution in [0.3, 0.4) is 0 Å². The Morgan fingerprint density at radius 3 is 2.86 bits per heavy atom. The molecule has 2 aliphatic carbocycles. The molecule has 0 aromatic heterocycles. The Morgan fingerprint density at radius 1 is 1.36 bits per heavy atom. The third kappa shape index (κ3) is 0.645. The molecular formula is C11H14O3. The summed E-state index contributed by atoms with van der Waals surface area (Å²) in [7, 11) is 0. The summed E-state index contributed by atoms with van der Waals surface area (Å²) in [5, 5.41) is 0. The molecular weight excluding hydrogens is 180 g/mol. The number of carbonyl (C=O) groups is 2. The van der Waals surface area contributed by atoms with Crippen LogP contribution in [0, 0.1) is 11.3 Å². The van der Waals surface area contributed by atoms with Crippen molar-refractivity contribution in [2.24, 2.45) is 11.3 Å². The fourth-order valence-electron chi connectivity index (χ4n) is 3.61. The highest BCUT2D eigenvalue weighted by atomic mass is 16.6. The second-order valence-electron chi connectivity index (χ2n) is 5.01. The van der Waals surface area contributed by atoms with E-state index in [9.17, 15) is 9.59 Å². The Bertz CT molecular complexity index is 335. The number of ether oxygens (including phenoxy) is 1. The zero-order chi connectivity index (χ0) is 9.97. The molecule has 1 saturated heterocycles. The van der Waals surface area contributed by atoms with Gasteiger partial charge in [0.15, 0.2) is 0 Å². The molecule has 0 bridgehead atoms. The fraction of sp³-hybridized carbons (Fsp3) is 0.818.